The van der Waals surface area contributed by atoms with Crippen molar-refractivity contribution in [3.63, 3.8) is 0 Å². The van der Waals surface area contributed by atoms with Gasteiger partial charge in [-0.25, -0.2) is 4.79 Å². The molecule has 6 rings (SSSR count). The Morgan fingerprint density at radius 2 is 1.81 bits per heavy atom. The van der Waals surface area contributed by atoms with Gasteiger partial charge in [-0.05, 0) is 86.0 Å². The van der Waals surface area contributed by atoms with E-state index in [4.69, 9.17) is 18.9 Å². The molecule has 2 heterocycles. The molecule has 3 unspecified atom stereocenters. The average molecular weight is 609 g/mol. The van der Waals surface area contributed by atoms with Crippen molar-refractivity contribution in [1.82, 2.24) is 0 Å². The van der Waals surface area contributed by atoms with Crippen LogP contribution < -0.4 is 0 Å². The molecule has 4 aliphatic carbocycles. The lowest BCUT2D eigenvalue weighted by Gasteiger charge is -2.65. The second-order valence-corrected chi connectivity index (χ2v) is 14.5. The van der Waals surface area contributed by atoms with Crippen molar-refractivity contribution in [2.45, 2.75) is 127 Å². The van der Waals surface area contributed by atoms with E-state index >= 15 is 0 Å². The van der Waals surface area contributed by atoms with E-state index in [1.165, 1.54) is 0 Å². The fourth-order valence-corrected chi connectivity index (χ4v) is 10.2. The number of rotatable bonds is 6. The van der Waals surface area contributed by atoms with Crippen LogP contribution in [0.3, 0.4) is 0 Å². The summed E-state index contributed by atoms with van der Waals surface area (Å²) in [6, 6.07) is 0. The van der Waals surface area contributed by atoms with Gasteiger partial charge >= 0.3 is 11.9 Å². The van der Waals surface area contributed by atoms with Crippen LogP contribution in [-0.2, 0) is 28.5 Å². The van der Waals surface area contributed by atoms with Crippen LogP contribution in [0.4, 0.5) is 0 Å². The maximum atomic E-state index is 12.4. The number of esters is 2. The van der Waals surface area contributed by atoms with Gasteiger partial charge in [0.25, 0.3) is 0 Å². The normalized spacial score (nSPS) is 51.1. The highest BCUT2D eigenvalue weighted by Crippen LogP contribution is 2.70. The van der Waals surface area contributed by atoms with Gasteiger partial charge in [0.2, 0.25) is 0 Å². The smallest absolute Gasteiger partial charge is 0.331 e. The Morgan fingerprint density at radius 1 is 1.05 bits per heavy atom. The third-order valence-corrected chi connectivity index (χ3v) is 12.6. The van der Waals surface area contributed by atoms with Gasteiger partial charge in [0.15, 0.2) is 6.29 Å². The molecular weight excluding hydrogens is 560 g/mol. The second-order valence-electron chi connectivity index (χ2n) is 14.5. The first kappa shape index (κ1) is 31.4. The lowest BCUT2D eigenvalue weighted by atomic mass is 9.42. The van der Waals surface area contributed by atoms with Gasteiger partial charge in [0.05, 0.1) is 17.8 Å². The fraction of sp³-hybridized carbons (Fsp3) is 0.875. The van der Waals surface area contributed by atoms with Crippen LogP contribution in [0, 0.1) is 34.5 Å². The average Bonchev–Trinajstić information content (AvgIpc) is 3.51. The summed E-state index contributed by atoms with van der Waals surface area (Å²) in [4.78, 5) is 23.5. The Labute approximate surface area is 252 Å². The minimum absolute atomic E-state index is 0.000625. The van der Waals surface area contributed by atoms with Gasteiger partial charge in [-0.1, -0.05) is 20.8 Å². The molecule has 43 heavy (non-hydrogen) atoms. The third-order valence-electron chi connectivity index (χ3n) is 12.6. The van der Waals surface area contributed by atoms with Crippen LogP contribution >= 0.6 is 0 Å². The highest BCUT2D eigenvalue weighted by Gasteiger charge is 2.70. The number of hydrogen-bond acceptors (Lipinski definition) is 11. The van der Waals surface area contributed by atoms with Crippen LogP contribution in [0.2, 0.25) is 0 Å². The Bertz CT molecular complexity index is 1130. The van der Waals surface area contributed by atoms with Crippen molar-refractivity contribution in [2.75, 3.05) is 13.2 Å². The zero-order chi connectivity index (χ0) is 30.9. The highest BCUT2D eigenvalue weighted by atomic mass is 16.7. The van der Waals surface area contributed by atoms with Crippen molar-refractivity contribution in [2.24, 2.45) is 34.5 Å². The monoisotopic (exact) mass is 608 g/mol. The quantitative estimate of drug-likeness (QED) is 0.218. The van der Waals surface area contributed by atoms with E-state index in [1.807, 2.05) is 0 Å². The lowest BCUT2D eigenvalue weighted by Crippen LogP contribution is -2.66. The second kappa shape index (κ2) is 11.3. The van der Waals surface area contributed by atoms with Crippen molar-refractivity contribution in [1.29, 1.82) is 0 Å². The predicted molar refractivity (Wildman–Crippen MR) is 150 cm³/mol. The molecule has 6 aliphatic rings. The Hall–Kier alpha value is -1.60. The molecule has 2 aliphatic heterocycles. The van der Waals surface area contributed by atoms with E-state index in [-0.39, 0.29) is 60.8 Å². The zero-order valence-corrected chi connectivity index (χ0v) is 25.4. The number of aliphatic hydroxyl groups excluding tert-OH is 4. The standard InChI is InChI=1S/C32H48O11/c1-4-23(34)41-15-22-26(36)27(37)28(38)29(43-22)42-18-7-9-30(2)17(12-18)5-6-20-25(30)21(33)13-31(3)19(8-10-32(20,31)39)16-11-24(35)40-14-16/h11,17-22,25-29,33,36-39H,4-10,12-15H2,1-3H3/t17?,18?,19-,20-,21?,22-,25-,26-,27-,28-,29-,30+,31-,32+/m1/s1. The summed E-state index contributed by atoms with van der Waals surface area (Å²) in [5.74, 6) is -0.713. The number of cyclic esters (lactones) is 1. The third kappa shape index (κ3) is 4.98. The van der Waals surface area contributed by atoms with Gasteiger partial charge in [0.1, 0.15) is 37.6 Å². The summed E-state index contributed by atoms with van der Waals surface area (Å²) in [7, 11) is 0. The Morgan fingerprint density at radius 3 is 2.51 bits per heavy atom. The number of fused-ring (bicyclic) bond motifs is 5. The number of hydrogen-bond donors (Lipinski definition) is 5. The van der Waals surface area contributed by atoms with Crippen molar-refractivity contribution in [3.05, 3.63) is 11.6 Å². The minimum atomic E-state index is -1.51. The zero-order valence-electron chi connectivity index (χ0n) is 25.4. The summed E-state index contributed by atoms with van der Waals surface area (Å²) in [5.41, 5.74) is -0.773. The molecule has 0 aromatic heterocycles. The molecular formula is C32H48O11. The predicted octanol–water partition coefficient (Wildman–Crippen LogP) is 1.36. The number of ether oxygens (including phenoxy) is 4. The van der Waals surface area contributed by atoms with Crippen molar-refractivity contribution < 1.29 is 54.1 Å². The SMILES string of the molecule is CCC(=O)OC[C@H]1O[C@@H](OC2CC[C@@]3(C)C(CC[C@@H]4[C@@H]3C(O)C[C@]3(C)[C@@H](C5=CC(=O)OC5)CC[C@]43O)C2)[C@H](O)[C@H](O)[C@@H]1O. The van der Waals surface area contributed by atoms with E-state index in [1.54, 1.807) is 13.0 Å². The fourth-order valence-electron chi connectivity index (χ4n) is 10.2. The molecule has 11 heteroatoms. The van der Waals surface area contributed by atoms with Crippen LogP contribution in [0.25, 0.3) is 0 Å². The Kier molecular flexibility index (Phi) is 8.27. The largest absolute Gasteiger partial charge is 0.463 e. The van der Waals surface area contributed by atoms with Gasteiger partial charge in [-0.15, -0.1) is 0 Å². The topological polar surface area (TPSA) is 172 Å². The molecule has 1 saturated heterocycles. The molecule has 0 aromatic rings. The summed E-state index contributed by atoms with van der Waals surface area (Å²) >= 11 is 0. The molecule has 0 radical (unpaired) electrons. The molecule has 4 saturated carbocycles. The first-order chi connectivity index (χ1) is 20.3. The molecule has 11 nitrogen and oxygen atoms in total. The van der Waals surface area contributed by atoms with Gasteiger partial charge in [0, 0.05) is 17.9 Å². The first-order valence-electron chi connectivity index (χ1n) is 16.1. The van der Waals surface area contributed by atoms with E-state index in [0.29, 0.717) is 25.7 Å². The number of aliphatic hydroxyl groups is 5. The molecule has 5 N–H and O–H groups in total. The first-order valence-corrected chi connectivity index (χ1v) is 16.1. The molecule has 14 atom stereocenters. The number of carbonyl (C=O) groups is 2. The van der Waals surface area contributed by atoms with E-state index in [0.717, 1.165) is 31.3 Å². The van der Waals surface area contributed by atoms with Gasteiger partial charge < -0.3 is 44.5 Å². The summed E-state index contributed by atoms with van der Waals surface area (Å²) in [6.07, 6.45) is -0.145. The number of carbonyl (C=O) groups excluding carboxylic acids is 2. The summed E-state index contributed by atoms with van der Waals surface area (Å²) < 4.78 is 22.4. The van der Waals surface area contributed by atoms with E-state index < -0.39 is 53.8 Å². The molecule has 5 fully saturated rings. The molecule has 0 amide bonds. The summed E-state index contributed by atoms with van der Waals surface area (Å²) in [6.45, 7) is 5.98. The summed E-state index contributed by atoms with van der Waals surface area (Å²) in [5, 5.41) is 55.7. The maximum Gasteiger partial charge on any atom is 0.331 e. The van der Waals surface area contributed by atoms with Crippen molar-refractivity contribution >= 4 is 11.9 Å². The molecule has 0 bridgehead atoms. The van der Waals surface area contributed by atoms with E-state index in [2.05, 4.69) is 13.8 Å². The Balaban J connectivity index is 1.15. The van der Waals surface area contributed by atoms with Crippen molar-refractivity contribution in [3.8, 4) is 0 Å². The van der Waals surface area contributed by atoms with E-state index in [9.17, 15) is 35.1 Å². The highest BCUT2D eigenvalue weighted by molar-refractivity contribution is 5.85. The molecule has 0 spiro atoms. The van der Waals surface area contributed by atoms with Crippen LogP contribution in [-0.4, -0.2) is 99.2 Å². The molecule has 242 valence electrons. The lowest BCUT2D eigenvalue weighted by molar-refractivity contribution is -0.318. The molecule has 0 aromatic carbocycles. The minimum Gasteiger partial charge on any atom is -0.463 e. The van der Waals surface area contributed by atoms with Crippen LogP contribution in [0.5, 0.6) is 0 Å². The van der Waals surface area contributed by atoms with Gasteiger partial charge in [-0.3, -0.25) is 4.79 Å². The van der Waals surface area contributed by atoms with Gasteiger partial charge in [-0.2, -0.15) is 0 Å². The maximum absolute atomic E-state index is 12.4. The van der Waals surface area contributed by atoms with Crippen LogP contribution in [0.15, 0.2) is 11.6 Å². The van der Waals surface area contributed by atoms with Crippen LogP contribution in [0.1, 0.15) is 78.6 Å².